The van der Waals surface area contributed by atoms with Gasteiger partial charge in [-0.05, 0) is 62.5 Å². The van der Waals surface area contributed by atoms with Gasteiger partial charge in [-0.25, -0.2) is 0 Å². The maximum Gasteiger partial charge on any atom is 0.235 e. The predicted octanol–water partition coefficient (Wildman–Crippen LogP) is 1.34. The molecule has 2 fully saturated rings. The van der Waals surface area contributed by atoms with Crippen LogP contribution >= 0.6 is 0 Å². The van der Waals surface area contributed by atoms with Crippen LogP contribution in [0.5, 0.6) is 5.75 Å². The number of aromatic nitrogens is 1. The van der Waals surface area contributed by atoms with Crippen LogP contribution in [0.25, 0.3) is 11.3 Å². The van der Waals surface area contributed by atoms with Crippen molar-refractivity contribution >= 4 is 29.0 Å². The Kier molecular flexibility index (Phi) is 5.83. The van der Waals surface area contributed by atoms with Gasteiger partial charge in [-0.1, -0.05) is 6.07 Å². The lowest BCUT2D eigenvalue weighted by Gasteiger charge is -2.44. The summed E-state index contributed by atoms with van der Waals surface area (Å²) in [6.45, 7) is 0.361. The fourth-order valence-corrected chi connectivity index (χ4v) is 6.33. The molecule has 0 bridgehead atoms. The largest absolute Gasteiger partial charge is 0.507 e. The number of rotatable bonds is 4. The normalized spacial score (nSPS) is 27.5. The molecule has 0 spiro atoms. The van der Waals surface area contributed by atoms with Gasteiger partial charge in [0.2, 0.25) is 5.91 Å². The van der Waals surface area contributed by atoms with Gasteiger partial charge < -0.3 is 15.7 Å². The third-order valence-corrected chi connectivity index (χ3v) is 7.73. The molecular formula is C27H27N3O6. The maximum absolute atomic E-state index is 13.9. The molecule has 9 nitrogen and oxygen atoms in total. The topological polar surface area (TPSA) is 148 Å². The molecular weight excluding hydrogens is 462 g/mol. The van der Waals surface area contributed by atoms with E-state index >= 15 is 0 Å². The zero-order valence-corrected chi connectivity index (χ0v) is 20.1. The number of fused-ring (bicyclic) bond motifs is 3. The van der Waals surface area contributed by atoms with Crippen molar-refractivity contribution in [3.8, 4) is 17.0 Å². The number of amides is 1. The van der Waals surface area contributed by atoms with Crippen molar-refractivity contribution in [1.82, 2.24) is 9.88 Å². The highest BCUT2D eigenvalue weighted by Gasteiger charge is 2.57. The number of benzene rings is 1. The number of Topliss-reactive ketones (excluding diaryl/α,β-unsaturated/α-hetero) is 4. The van der Waals surface area contributed by atoms with Gasteiger partial charge in [-0.3, -0.25) is 29.0 Å². The molecule has 0 radical (unpaired) electrons. The maximum atomic E-state index is 13.9. The Morgan fingerprint density at radius 3 is 2.44 bits per heavy atom. The molecule has 5 rings (SSSR count). The summed E-state index contributed by atoms with van der Waals surface area (Å²) in [5, 5.41) is 11.2. The fraction of sp³-hybridized carbons (Fsp3) is 0.407. The molecule has 2 saturated carbocycles. The Labute approximate surface area is 207 Å². The van der Waals surface area contributed by atoms with Gasteiger partial charge in [0.25, 0.3) is 0 Å². The molecule has 3 aliphatic rings. The standard InChI is InChI=1S/C27H27N3O6/c1-30(2)11-14-9-15(17-5-3-4-6-29-17)16-8-12-7-13-10-18(31)22(27(28)36)26(35)20(13)24(33)19(12)25(34)21(16)23(14)32/h3-6,9,12-13,19-20,22,32H,7-8,10-11H2,1-2H3,(H2,28,36). The number of primary amides is 1. The predicted molar refractivity (Wildman–Crippen MR) is 128 cm³/mol. The van der Waals surface area contributed by atoms with Crippen LogP contribution in [0.1, 0.15) is 34.3 Å². The number of ketones is 4. The van der Waals surface area contributed by atoms with Crippen LogP contribution in [0.4, 0.5) is 0 Å². The Morgan fingerprint density at radius 1 is 1.08 bits per heavy atom. The van der Waals surface area contributed by atoms with Gasteiger partial charge >= 0.3 is 0 Å². The summed E-state index contributed by atoms with van der Waals surface area (Å²) in [6, 6.07) is 7.29. The minimum absolute atomic E-state index is 0.0915. The van der Waals surface area contributed by atoms with Crippen molar-refractivity contribution in [1.29, 1.82) is 0 Å². The second-order valence-corrected chi connectivity index (χ2v) is 10.3. The van der Waals surface area contributed by atoms with Crippen molar-refractivity contribution in [2.75, 3.05) is 14.1 Å². The van der Waals surface area contributed by atoms with Gasteiger partial charge in [0, 0.05) is 30.3 Å². The van der Waals surface area contributed by atoms with E-state index in [1.807, 2.05) is 37.2 Å². The molecule has 3 aliphatic carbocycles. The van der Waals surface area contributed by atoms with E-state index in [1.165, 1.54) is 0 Å². The van der Waals surface area contributed by atoms with E-state index in [-0.39, 0.29) is 17.7 Å². The Bertz CT molecular complexity index is 1320. The molecule has 9 heteroatoms. The monoisotopic (exact) mass is 489 g/mol. The molecule has 1 aromatic heterocycles. The highest BCUT2D eigenvalue weighted by atomic mass is 16.3. The number of phenols is 1. The number of nitrogens with zero attached hydrogens (tertiary/aromatic N) is 2. The first-order valence-corrected chi connectivity index (χ1v) is 12.0. The van der Waals surface area contributed by atoms with Gasteiger partial charge in [0.05, 0.1) is 23.1 Å². The van der Waals surface area contributed by atoms with Crippen molar-refractivity contribution in [2.24, 2.45) is 35.3 Å². The number of aromatic hydroxyl groups is 1. The average Bonchev–Trinajstić information content (AvgIpc) is 2.80. The third kappa shape index (κ3) is 3.65. The van der Waals surface area contributed by atoms with Gasteiger partial charge in [-0.2, -0.15) is 0 Å². The summed E-state index contributed by atoms with van der Waals surface area (Å²) >= 11 is 0. The number of nitrogens with two attached hydrogens (primary N) is 1. The van der Waals surface area contributed by atoms with Crippen LogP contribution in [0.15, 0.2) is 30.5 Å². The van der Waals surface area contributed by atoms with E-state index in [1.54, 1.807) is 12.3 Å². The number of hydrogen-bond donors (Lipinski definition) is 2. The first kappa shape index (κ1) is 24.0. The van der Waals surface area contributed by atoms with Crippen molar-refractivity contribution in [3.63, 3.8) is 0 Å². The molecule has 2 aromatic rings. The highest BCUT2D eigenvalue weighted by molar-refractivity contribution is 6.27. The van der Waals surface area contributed by atoms with Crippen LogP contribution in [0, 0.1) is 29.6 Å². The molecule has 3 N–H and O–H groups in total. The first-order chi connectivity index (χ1) is 17.1. The van der Waals surface area contributed by atoms with Crippen LogP contribution in [0.2, 0.25) is 0 Å². The van der Waals surface area contributed by atoms with Crippen LogP contribution in [0.3, 0.4) is 0 Å². The molecule has 1 heterocycles. The van der Waals surface area contributed by atoms with E-state index in [2.05, 4.69) is 4.98 Å². The van der Waals surface area contributed by atoms with Crippen molar-refractivity contribution in [2.45, 2.75) is 25.8 Å². The molecule has 5 atom stereocenters. The molecule has 1 amide bonds. The van der Waals surface area contributed by atoms with Gasteiger partial charge in [0.15, 0.2) is 29.1 Å². The lowest BCUT2D eigenvalue weighted by atomic mass is 9.55. The van der Waals surface area contributed by atoms with Crippen molar-refractivity contribution < 1.29 is 29.1 Å². The second-order valence-electron chi connectivity index (χ2n) is 10.3. The van der Waals surface area contributed by atoms with Crippen LogP contribution in [-0.2, 0) is 32.1 Å². The summed E-state index contributed by atoms with van der Waals surface area (Å²) in [4.78, 5) is 71.1. The van der Waals surface area contributed by atoms with Gasteiger partial charge in [0.1, 0.15) is 5.75 Å². The zero-order chi connectivity index (χ0) is 25.9. The van der Waals surface area contributed by atoms with Crippen LogP contribution < -0.4 is 5.73 Å². The number of hydrogen-bond acceptors (Lipinski definition) is 8. The number of pyridine rings is 1. The van der Waals surface area contributed by atoms with E-state index in [0.29, 0.717) is 41.8 Å². The number of phenolic OH excluding ortho intramolecular Hbond substituents is 1. The summed E-state index contributed by atoms with van der Waals surface area (Å²) < 4.78 is 0. The van der Waals surface area contributed by atoms with E-state index in [9.17, 15) is 29.1 Å². The zero-order valence-electron chi connectivity index (χ0n) is 20.1. The average molecular weight is 490 g/mol. The molecule has 0 aliphatic heterocycles. The number of carbonyl (C=O) groups excluding carboxylic acids is 5. The van der Waals surface area contributed by atoms with E-state index in [0.717, 1.165) is 0 Å². The lowest BCUT2D eigenvalue weighted by molar-refractivity contribution is -0.152. The summed E-state index contributed by atoms with van der Waals surface area (Å²) in [5.41, 5.74) is 7.88. The van der Waals surface area contributed by atoms with Gasteiger partial charge in [-0.15, -0.1) is 0 Å². The Morgan fingerprint density at radius 2 is 1.81 bits per heavy atom. The molecule has 0 saturated heterocycles. The summed E-state index contributed by atoms with van der Waals surface area (Å²) in [6.07, 6.45) is 2.19. The SMILES string of the molecule is CN(C)Cc1cc(-c2ccccn2)c2c(c1O)C(=O)C1C(=O)C3C(=O)C(C(N)=O)C(=O)CC3CC1C2. The quantitative estimate of drug-likeness (QED) is 0.612. The summed E-state index contributed by atoms with van der Waals surface area (Å²) in [5.74, 6) is -8.68. The minimum atomic E-state index is -1.64. The Hall–Kier alpha value is -3.72. The first-order valence-electron chi connectivity index (χ1n) is 12.0. The molecule has 36 heavy (non-hydrogen) atoms. The minimum Gasteiger partial charge on any atom is -0.507 e. The fourth-order valence-electron chi connectivity index (χ4n) is 6.33. The lowest BCUT2D eigenvalue weighted by Crippen LogP contribution is -2.56. The molecule has 186 valence electrons. The second kappa shape index (κ2) is 8.74. The van der Waals surface area contributed by atoms with E-state index < -0.39 is 58.6 Å². The Balaban J connectivity index is 1.63. The number of carbonyl (C=O) groups is 5. The van der Waals surface area contributed by atoms with E-state index in [4.69, 9.17) is 5.73 Å². The third-order valence-electron chi connectivity index (χ3n) is 7.73. The highest BCUT2D eigenvalue weighted by Crippen LogP contribution is 2.50. The molecule has 1 aromatic carbocycles. The smallest absolute Gasteiger partial charge is 0.235 e. The summed E-state index contributed by atoms with van der Waals surface area (Å²) in [7, 11) is 3.68. The molecule has 5 unspecified atom stereocenters. The van der Waals surface area contributed by atoms with Crippen LogP contribution in [-0.4, -0.2) is 58.1 Å². The van der Waals surface area contributed by atoms with Crippen molar-refractivity contribution in [3.05, 3.63) is 47.2 Å².